The van der Waals surface area contributed by atoms with E-state index in [1.54, 1.807) is 11.4 Å². The Morgan fingerprint density at radius 3 is 2.72 bits per heavy atom. The van der Waals surface area contributed by atoms with Gasteiger partial charge in [0, 0.05) is 17.6 Å². The maximum atomic E-state index is 13.5. The third-order valence-corrected chi connectivity index (χ3v) is 7.58. The highest BCUT2D eigenvalue weighted by Crippen LogP contribution is 2.35. The van der Waals surface area contributed by atoms with E-state index in [9.17, 15) is 14.4 Å². The zero-order valence-electron chi connectivity index (χ0n) is 18.7. The Morgan fingerprint density at radius 1 is 1.25 bits per heavy atom. The van der Waals surface area contributed by atoms with Crippen molar-refractivity contribution < 1.29 is 14.7 Å². The van der Waals surface area contributed by atoms with Crippen LogP contribution in [0.3, 0.4) is 0 Å². The highest BCUT2D eigenvalue weighted by Gasteiger charge is 2.29. The van der Waals surface area contributed by atoms with Crippen LogP contribution in [-0.4, -0.2) is 26.5 Å². The summed E-state index contributed by atoms with van der Waals surface area (Å²) in [5.41, 5.74) is 2.52. The molecule has 0 spiro atoms. The molecule has 4 rings (SSSR count). The monoisotopic (exact) mass is 457 g/mol. The number of carboxylic acids is 1. The Balaban J connectivity index is 1.67. The number of thiazole rings is 1. The molecule has 32 heavy (non-hydrogen) atoms. The van der Waals surface area contributed by atoms with E-state index in [1.807, 2.05) is 4.57 Å². The van der Waals surface area contributed by atoms with Crippen LogP contribution < -0.4 is 10.9 Å². The molecule has 2 atom stereocenters. The SMILES string of the molecule is CC1Cc2c(cc(C(=O)Nc3nc(CC(=O)O)cs3)c(=O)n2CC2CCCCC2)C(C)C1. The third kappa shape index (κ3) is 4.95. The van der Waals surface area contributed by atoms with E-state index in [0.29, 0.717) is 35.1 Å². The van der Waals surface area contributed by atoms with Gasteiger partial charge in [-0.1, -0.05) is 33.1 Å². The van der Waals surface area contributed by atoms with Crippen LogP contribution in [-0.2, 0) is 24.2 Å². The highest BCUT2D eigenvalue weighted by atomic mass is 32.1. The molecular formula is C24H31N3O4S. The van der Waals surface area contributed by atoms with Gasteiger partial charge >= 0.3 is 5.97 Å². The highest BCUT2D eigenvalue weighted by molar-refractivity contribution is 7.14. The number of hydrogen-bond donors (Lipinski definition) is 2. The minimum atomic E-state index is -0.975. The second-order valence-corrected chi connectivity index (χ2v) is 10.4. The largest absolute Gasteiger partial charge is 0.481 e. The minimum Gasteiger partial charge on any atom is -0.481 e. The number of aromatic nitrogens is 2. The molecule has 1 amide bonds. The first kappa shape index (κ1) is 22.7. The summed E-state index contributed by atoms with van der Waals surface area (Å²) < 4.78 is 1.89. The predicted molar refractivity (Wildman–Crippen MR) is 125 cm³/mol. The lowest BCUT2D eigenvalue weighted by Gasteiger charge is -2.32. The van der Waals surface area contributed by atoms with Gasteiger partial charge in [0.05, 0.1) is 12.1 Å². The zero-order chi connectivity index (χ0) is 22.8. The van der Waals surface area contributed by atoms with Crippen LogP contribution in [0.5, 0.6) is 0 Å². The lowest BCUT2D eigenvalue weighted by Crippen LogP contribution is -2.36. The summed E-state index contributed by atoms with van der Waals surface area (Å²) in [4.78, 5) is 41.7. The summed E-state index contributed by atoms with van der Waals surface area (Å²) in [6, 6.07) is 1.78. The number of amides is 1. The fraction of sp³-hybridized carbons (Fsp3) is 0.583. The van der Waals surface area contributed by atoms with Crippen molar-refractivity contribution in [1.82, 2.24) is 9.55 Å². The Kier molecular flexibility index (Phi) is 6.79. The number of fused-ring (bicyclic) bond motifs is 1. The molecule has 0 saturated heterocycles. The molecule has 2 aliphatic rings. The van der Waals surface area contributed by atoms with E-state index in [-0.39, 0.29) is 17.5 Å². The van der Waals surface area contributed by atoms with Crippen LogP contribution in [0.15, 0.2) is 16.2 Å². The molecule has 2 aromatic rings. The number of nitrogens with one attached hydrogen (secondary N) is 1. The first-order valence-electron chi connectivity index (χ1n) is 11.6. The average Bonchev–Trinajstić information content (AvgIpc) is 3.16. The van der Waals surface area contributed by atoms with Gasteiger partial charge in [0.15, 0.2) is 5.13 Å². The number of aliphatic carboxylic acids is 1. The van der Waals surface area contributed by atoms with E-state index >= 15 is 0 Å². The Morgan fingerprint density at radius 2 is 2.00 bits per heavy atom. The number of rotatable bonds is 6. The Labute approximate surface area is 191 Å². The molecule has 0 radical (unpaired) electrons. The van der Waals surface area contributed by atoms with Gasteiger partial charge in [0.1, 0.15) is 5.56 Å². The number of pyridine rings is 1. The molecular weight excluding hydrogens is 426 g/mol. The maximum Gasteiger partial charge on any atom is 0.309 e. The summed E-state index contributed by atoms with van der Waals surface area (Å²) in [5.74, 6) is -0.166. The number of carbonyl (C=O) groups is 2. The van der Waals surface area contributed by atoms with Gasteiger partial charge in [-0.2, -0.15) is 0 Å². The van der Waals surface area contributed by atoms with E-state index in [1.165, 1.54) is 30.6 Å². The van der Waals surface area contributed by atoms with Gasteiger partial charge in [-0.3, -0.25) is 19.7 Å². The van der Waals surface area contributed by atoms with Gasteiger partial charge in [0.2, 0.25) is 0 Å². The first-order chi connectivity index (χ1) is 15.3. The number of carbonyl (C=O) groups excluding carboxylic acids is 1. The topological polar surface area (TPSA) is 101 Å². The Bertz CT molecular complexity index is 1070. The second-order valence-electron chi connectivity index (χ2n) is 9.49. The lowest BCUT2D eigenvalue weighted by atomic mass is 9.80. The van der Waals surface area contributed by atoms with Crippen LogP contribution in [0.25, 0.3) is 0 Å². The van der Waals surface area contributed by atoms with Gasteiger partial charge in [0.25, 0.3) is 11.5 Å². The molecule has 0 aromatic carbocycles. The van der Waals surface area contributed by atoms with Crippen molar-refractivity contribution in [3.05, 3.63) is 44.3 Å². The summed E-state index contributed by atoms with van der Waals surface area (Å²) in [6.07, 6.45) is 7.65. The average molecular weight is 458 g/mol. The van der Waals surface area contributed by atoms with Gasteiger partial charge < -0.3 is 9.67 Å². The van der Waals surface area contributed by atoms with Crippen LogP contribution in [0.4, 0.5) is 5.13 Å². The normalized spacial score (nSPS) is 21.2. The Hall–Kier alpha value is -2.48. The van der Waals surface area contributed by atoms with Crippen molar-refractivity contribution in [2.45, 2.75) is 77.7 Å². The molecule has 7 nitrogen and oxygen atoms in total. The second kappa shape index (κ2) is 9.57. The number of anilines is 1. The minimum absolute atomic E-state index is 0.149. The number of hydrogen-bond acceptors (Lipinski definition) is 5. The van der Waals surface area contributed by atoms with Gasteiger partial charge in [-0.15, -0.1) is 11.3 Å². The summed E-state index contributed by atoms with van der Waals surface area (Å²) >= 11 is 1.17. The quantitative estimate of drug-likeness (QED) is 0.667. The molecule has 0 bridgehead atoms. The van der Waals surface area contributed by atoms with Crippen molar-refractivity contribution in [1.29, 1.82) is 0 Å². The number of carboxylic acid groups (broad SMARTS) is 1. The van der Waals surface area contributed by atoms with Crippen molar-refractivity contribution in [2.24, 2.45) is 11.8 Å². The molecule has 0 aliphatic heterocycles. The molecule has 8 heteroatoms. The fourth-order valence-corrected chi connectivity index (χ4v) is 5.98. The lowest BCUT2D eigenvalue weighted by molar-refractivity contribution is -0.136. The molecule has 172 valence electrons. The molecule has 2 unspecified atom stereocenters. The van der Waals surface area contributed by atoms with Crippen LogP contribution in [0.1, 0.15) is 85.6 Å². The predicted octanol–water partition coefficient (Wildman–Crippen LogP) is 4.45. The van der Waals surface area contributed by atoms with Crippen molar-refractivity contribution in [3.8, 4) is 0 Å². The molecule has 1 saturated carbocycles. The standard InChI is InChI=1S/C24H31N3O4S/c1-14-8-15(2)18-11-19(22(30)26-24-25-17(13-32-24)10-21(28)29)23(31)27(20(18)9-14)12-16-6-4-3-5-7-16/h11,13-16H,3-10,12H2,1-2H3,(H,28,29)(H,25,26,30). The van der Waals surface area contributed by atoms with Crippen molar-refractivity contribution >= 4 is 28.3 Å². The maximum absolute atomic E-state index is 13.5. The first-order valence-corrected chi connectivity index (χ1v) is 12.4. The summed E-state index contributed by atoms with van der Waals surface area (Å²) in [5, 5.41) is 13.6. The van der Waals surface area contributed by atoms with Crippen molar-refractivity contribution in [3.63, 3.8) is 0 Å². The fourth-order valence-electron chi connectivity index (χ4n) is 5.27. The third-order valence-electron chi connectivity index (χ3n) is 6.78. The number of nitrogens with zero attached hydrogens (tertiary/aromatic N) is 2. The molecule has 2 aromatic heterocycles. The van der Waals surface area contributed by atoms with E-state index in [2.05, 4.69) is 24.1 Å². The molecule has 2 aliphatic carbocycles. The summed E-state index contributed by atoms with van der Waals surface area (Å²) in [7, 11) is 0. The summed E-state index contributed by atoms with van der Waals surface area (Å²) in [6.45, 7) is 5.08. The van der Waals surface area contributed by atoms with E-state index < -0.39 is 11.9 Å². The van der Waals surface area contributed by atoms with Gasteiger partial charge in [-0.25, -0.2) is 4.98 Å². The smallest absolute Gasteiger partial charge is 0.309 e. The van der Waals surface area contributed by atoms with Crippen LogP contribution in [0, 0.1) is 11.8 Å². The van der Waals surface area contributed by atoms with Gasteiger partial charge in [-0.05, 0) is 55.1 Å². The van der Waals surface area contributed by atoms with E-state index in [0.717, 1.165) is 36.9 Å². The molecule has 2 N–H and O–H groups in total. The zero-order valence-corrected chi connectivity index (χ0v) is 19.5. The molecule has 2 heterocycles. The van der Waals surface area contributed by atoms with Crippen LogP contribution >= 0.6 is 11.3 Å². The van der Waals surface area contributed by atoms with Crippen LogP contribution in [0.2, 0.25) is 0 Å². The molecule has 1 fully saturated rings. The van der Waals surface area contributed by atoms with E-state index in [4.69, 9.17) is 5.11 Å². The van der Waals surface area contributed by atoms with Crippen molar-refractivity contribution in [2.75, 3.05) is 5.32 Å².